The van der Waals surface area contributed by atoms with Gasteiger partial charge in [0, 0.05) is 23.7 Å². The molecule has 0 aliphatic carbocycles. The van der Waals surface area contributed by atoms with Gasteiger partial charge in [0.05, 0.1) is 18.6 Å². The summed E-state index contributed by atoms with van der Waals surface area (Å²) in [7, 11) is -2.73. The van der Waals surface area contributed by atoms with Crippen LogP contribution in [0.5, 0.6) is 0 Å². The molecule has 0 radical (unpaired) electrons. The molecule has 1 heterocycles. The summed E-state index contributed by atoms with van der Waals surface area (Å²) in [6, 6.07) is 15.1. The Balaban J connectivity index is 0.00000361. The van der Waals surface area contributed by atoms with Crippen molar-refractivity contribution in [3.63, 3.8) is 0 Å². The van der Waals surface area contributed by atoms with E-state index in [2.05, 4.69) is 0 Å². The van der Waals surface area contributed by atoms with Crippen molar-refractivity contribution in [1.29, 1.82) is 5.41 Å². The topological polar surface area (TPSA) is 134 Å². The second-order valence-corrected chi connectivity index (χ2v) is 10.4. The Kier molecular flexibility index (Phi) is 8.25. The van der Waals surface area contributed by atoms with Gasteiger partial charge in [-0.1, -0.05) is 48.0 Å². The van der Waals surface area contributed by atoms with Crippen LogP contribution in [-0.4, -0.2) is 62.1 Å². The molecule has 9 nitrogen and oxygen atoms in total. The lowest BCUT2D eigenvalue weighted by atomic mass is 10.0. The lowest BCUT2D eigenvalue weighted by molar-refractivity contribution is -0.154. The van der Waals surface area contributed by atoms with Crippen LogP contribution in [0.25, 0.3) is 10.8 Å². The maximum atomic E-state index is 13.3. The summed E-state index contributed by atoms with van der Waals surface area (Å²) in [6.45, 7) is -0.415. The predicted octanol–water partition coefficient (Wildman–Crippen LogP) is 2.95. The van der Waals surface area contributed by atoms with Crippen LogP contribution in [0.2, 0.25) is 5.02 Å². The van der Waals surface area contributed by atoms with Gasteiger partial charge < -0.3 is 15.4 Å². The van der Waals surface area contributed by atoms with Crippen LogP contribution in [0.3, 0.4) is 0 Å². The van der Waals surface area contributed by atoms with E-state index in [4.69, 9.17) is 27.5 Å². The first-order chi connectivity index (χ1) is 16.6. The first-order valence-electron chi connectivity index (χ1n) is 10.6. The molecule has 0 bridgehead atoms. The number of piperazine rings is 1. The highest BCUT2D eigenvalue weighted by atomic mass is 35.5. The summed E-state index contributed by atoms with van der Waals surface area (Å²) in [5, 5.41) is 9.58. The van der Waals surface area contributed by atoms with Crippen LogP contribution in [0.4, 0.5) is 0 Å². The highest BCUT2D eigenvalue weighted by molar-refractivity contribution is 7.89. The van der Waals surface area contributed by atoms with Gasteiger partial charge in [-0.25, -0.2) is 13.2 Å². The van der Waals surface area contributed by atoms with Crippen LogP contribution in [-0.2, 0) is 24.3 Å². The van der Waals surface area contributed by atoms with Crippen molar-refractivity contribution in [2.75, 3.05) is 26.7 Å². The summed E-state index contributed by atoms with van der Waals surface area (Å²) >= 11 is 6.01. The fourth-order valence-corrected chi connectivity index (χ4v) is 5.64. The van der Waals surface area contributed by atoms with Crippen molar-refractivity contribution in [3.05, 3.63) is 76.8 Å². The molecule has 0 saturated carbocycles. The van der Waals surface area contributed by atoms with Crippen molar-refractivity contribution in [2.24, 2.45) is 5.73 Å². The summed E-state index contributed by atoms with van der Waals surface area (Å²) in [5.41, 5.74) is 6.43. The molecule has 1 unspecified atom stereocenters. The maximum absolute atomic E-state index is 13.3. The highest BCUT2D eigenvalue weighted by Crippen LogP contribution is 2.28. The predicted molar refractivity (Wildman–Crippen MR) is 139 cm³/mol. The van der Waals surface area contributed by atoms with Crippen molar-refractivity contribution in [1.82, 2.24) is 9.21 Å². The zero-order chi connectivity index (χ0) is 25.3. The zero-order valence-electron chi connectivity index (χ0n) is 19.2. The van der Waals surface area contributed by atoms with Gasteiger partial charge in [0.1, 0.15) is 5.84 Å². The average Bonchev–Trinajstić information content (AvgIpc) is 2.84. The summed E-state index contributed by atoms with van der Waals surface area (Å²) in [4.78, 5) is 27.1. The lowest BCUT2D eigenvalue weighted by Crippen LogP contribution is -2.54. The third-order valence-corrected chi connectivity index (χ3v) is 7.98. The molecule has 3 aromatic carbocycles. The Morgan fingerprint density at radius 3 is 2.31 bits per heavy atom. The second kappa shape index (κ2) is 10.8. The highest BCUT2D eigenvalue weighted by Gasteiger charge is 2.39. The lowest BCUT2D eigenvalue weighted by Gasteiger charge is -2.37. The number of esters is 1. The van der Waals surface area contributed by atoms with Gasteiger partial charge >= 0.3 is 5.97 Å². The Hall–Kier alpha value is -3.18. The molecule has 4 rings (SSSR count). The molecule has 12 heteroatoms. The first-order valence-corrected chi connectivity index (χ1v) is 12.4. The number of amidine groups is 1. The number of carbonyl (C=O) groups excluding carboxylic acids is 2. The van der Waals surface area contributed by atoms with Crippen molar-refractivity contribution in [2.45, 2.75) is 10.9 Å². The number of benzene rings is 3. The number of methoxy groups -OCH3 is 1. The third-order valence-electron chi connectivity index (χ3n) is 5.91. The standard InChI is InChI=1S/C24H23ClN4O5S.ClH/c1-34-24(31)22(15-2-4-16(5-3-15)23(26)27)29-11-10-28(14-21(29)30)35(32,33)20-9-7-17-12-19(25)8-6-18(17)13-20;/h2-9,12-13,22H,10-11,14H2,1H3,(H3,26,27);1H. The molecule has 1 atom stereocenters. The largest absolute Gasteiger partial charge is 0.467 e. The molecule has 1 aliphatic heterocycles. The zero-order valence-corrected chi connectivity index (χ0v) is 21.6. The van der Waals surface area contributed by atoms with E-state index in [9.17, 15) is 18.0 Å². The summed E-state index contributed by atoms with van der Waals surface area (Å²) in [6.07, 6.45) is 0. The van der Waals surface area contributed by atoms with Crippen LogP contribution in [0, 0.1) is 5.41 Å². The number of rotatable bonds is 6. The minimum absolute atomic E-state index is 0. The first kappa shape index (κ1) is 27.4. The smallest absolute Gasteiger partial charge is 0.333 e. The number of nitrogens with two attached hydrogens (primary N) is 1. The number of amides is 1. The van der Waals surface area contributed by atoms with Crippen molar-refractivity contribution < 1.29 is 22.7 Å². The Bertz CT molecular complexity index is 1430. The molecule has 3 N–H and O–H groups in total. The molecule has 1 saturated heterocycles. The molecule has 1 amide bonds. The monoisotopic (exact) mass is 550 g/mol. The molecule has 36 heavy (non-hydrogen) atoms. The van der Waals surface area contributed by atoms with E-state index in [0.717, 1.165) is 9.69 Å². The molecule has 190 valence electrons. The van der Waals surface area contributed by atoms with E-state index in [1.165, 1.54) is 18.1 Å². The minimum Gasteiger partial charge on any atom is -0.467 e. The molecule has 3 aromatic rings. The van der Waals surface area contributed by atoms with E-state index in [1.807, 2.05) is 0 Å². The molecular weight excluding hydrogens is 527 g/mol. The third kappa shape index (κ3) is 5.31. The number of nitrogens with zero attached hydrogens (tertiary/aromatic N) is 2. The fraction of sp³-hybridized carbons (Fsp3) is 0.208. The van der Waals surface area contributed by atoms with Gasteiger partial charge in [0.2, 0.25) is 15.9 Å². The number of hydrogen-bond donors (Lipinski definition) is 2. The van der Waals surface area contributed by atoms with Gasteiger partial charge in [-0.2, -0.15) is 4.31 Å². The molecule has 1 aliphatic rings. The van der Waals surface area contributed by atoms with Crippen molar-refractivity contribution in [3.8, 4) is 0 Å². The van der Waals surface area contributed by atoms with E-state index >= 15 is 0 Å². The number of nitrogen functional groups attached to an aromatic ring is 1. The van der Waals surface area contributed by atoms with Crippen LogP contribution >= 0.6 is 24.0 Å². The second-order valence-electron chi connectivity index (χ2n) is 8.04. The van der Waals surface area contributed by atoms with E-state index in [-0.39, 0.29) is 36.2 Å². The van der Waals surface area contributed by atoms with Gasteiger partial charge in [-0.15, -0.1) is 12.4 Å². The molecule has 1 fully saturated rings. The Morgan fingerprint density at radius 2 is 1.69 bits per heavy atom. The van der Waals surface area contributed by atoms with E-state index in [1.54, 1.807) is 54.6 Å². The van der Waals surface area contributed by atoms with E-state index in [0.29, 0.717) is 21.5 Å². The number of hydrogen-bond acceptors (Lipinski definition) is 6. The normalized spacial score (nSPS) is 15.3. The van der Waals surface area contributed by atoms with Gasteiger partial charge in [-0.3, -0.25) is 10.2 Å². The fourth-order valence-electron chi connectivity index (χ4n) is 4.05. The number of carbonyl (C=O) groups is 2. The van der Waals surface area contributed by atoms with Gasteiger partial charge in [0.15, 0.2) is 6.04 Å². The number of fused-ring (bicyclic) bond motifs is 1. The van der Waals surface area contributed by atoms with Gasteiger partial charge in [-0.05, 0) is 40.6 Å². The molecular formula is C24H24Cl2N4O5S. The van der Waals surface area contributed by atoms with Crippen LogP contribution in [0.1, 0.15) is 17.2 Å². The number of nitrogens with one attached hydrogen (secondary N) is 1. The number of halogens is 2. The molecule has 0 spiro atoms. The van der Waals surface area contributed by atoms with Crippen molar-refractivity contribution >= 4 is 62.5 Å². The quantitative estimate of drug-likeness (QED) is 0.275. The molecule has 0 aromatic heterocycles. The maximum Gasteiger partial charge on any atom is 0.333 e. The summed E-state index contributed by atoms with van der Waals surface area (Å²) < 4.78 is 32.6. The minimum atomic E-state index is -3.95. The summed E-state index contributed by atoms with van der Waals surface area (Å²) in [5.74, 6) is -1.31. The average molecular weight is 551 g/mol. The van der Waals surface area contributed by atoms with E-state index < -0.39 is 34.5 Å². The van der Waals surface area contributed by atoms with Crippen LogP contribution < -0.4 is 5.73 Å². The Morgan fingerprint density at radius 1 is 1.06 bits per heavy atom. The van der Waals surface area contributed by atoms with Gasteiger partial charge in [0.25, 0.3) is 0 Å². The Labute approximate surface area is 219 Å². The van der Waals surface area contributed by atoms with Crippen LogP contribution in [0.15, 0.2) is 65.6 Å². The number of sulfonamides is 1. The number of ether oxygens (including phenoxy) is 1. The SMILES string of the molecule is COC(=O)C(c1ccc(C(=N)N)cc1)N1CCN(S(=O)(=O)c2ccc3cc(Cl)ccc3c2)CC1=O.Cl.